The van der Waals surface area contributed by atoms with Gasteiger partial charge in [0.1, 0.15) is 5.38 Å². The molecule has 0 aliphatic heterocycles. The van der Waals surface area contributed by atoms with Gasteiger partial charge in [-0.3, -0.25) is 10.1 Å². The van der Waals surface area contributed by atoms with Crippen molar-refractivity contribution >= 4 is 17.3 Å². The van der Waals surface area contributed by atoms with E-state index in [0.717, 1.165) is 5.56 Å². The Morgan fingerprint density at radius 1 is 1.44 bits per heavy atom. The Morgan fingerprint density at radius 3 is 2.72 bits per heavy atom. The summed E-state index contributed by atoms with van der Waals surface area (Å²) in [5.74, 6) is 0.875. The van der Waals surface area contributed by atoms with E-state index in [4.69, 9.17) is 16.0 Å². The molecule has 0 spiro atoms. The van der Waals surface area contributed by atoms with E-state index in [2.05, 4.69) is 4.98 Å². The van der Waals surface area contributed by atoms with Crippen LogP contribution in [0, 0.1) is 17.0 Å². The Kier molecular flexibility index (Phi) is 3.34. The summed E-state index contributed by atoms with van der Waals surface area (Å²) < 4.78 is 5.46. The third-order valence-corrected chi connectivity index (χ3v) is 2.61. The van der Waals surface area contributed by atoms with Crippen molar-refractivity contribution in [2.75, 3.05) is 0 Å². The van der Waals surface area contributed by atoms with Gasteiger partial charge in [0.15, 0.2) is 5.76 Å². The number of non-ortho nitro benzene ring substituents is 1. The number of hydrogen-bond donors (Lipinski definition) is 0. The molecule has 94 valence electrons. The number of oxazole rings is 1. The van der Waals surface area contributed by atoms with Gasteiger partial charge in [-0.2, -0.15) is 0 Å². The zero-order valence-electron chi connectivity index (χ0n) is 9.88. The maximum Gasteiger partial charge on any atom is 0.270 e. The molecule has 1 aromatic carbocycles. The minimum atomic E-state index is -0.433. The lowest BCUT2D eigenvalue weighted by molar-refractivity contribution is -0.384. The van der Waals surface area contributed by atoms with Gasteiger partial charge in [0, 0.05) is 17.7 Å². The van der Waals surface area contributed by atoms with Crippen LogP contribution in [-0.2, 0) is 0 Å². The van der Waals surface area contributed by atoms with E-state index in [9.17, 15) is 10.1 Å². The molecule has 5 nitrogen and oxygen atoms in total. The molecule has 18 heavy (non-hydrogen) atoms. The number of aromatic nitrogens is 1. The second-order valence-electron chi connectivity index (χ2n) is 3.99. The number of aryl methyl sites for hydroxylation is 1. The minimum absolute atomic E-state index is 0.0295. The highest BCUT2D eigenvalue weighted by molar-refractivity contribution is 6.20. The van der Waals surface area contributed by atoms with E-state index in [1.807, 2.05) is 0 Å². The number of alkyl halides is 1. The molecule has 0 aliphatic carbocycles. The summed E-state index contributed by atoms with van der Waals surface area (Å²) in [5, 5.41) is 10.5. The van der Waals surface area contributed by atoms with E-state index in [0.29, 0.717) is 17.2 Å². The van der Waals surface area contributed by atoms with E-state index >= 15 is 0 Å². The first-order valence-electron chi connectivity index (χ1n) is 5.33. The summed E-state index contributed by atoms with van der Waals surface area (Å²) in [6.45, 7) is 3.54. The van der Waals surface area contributed by atoms with E-state index in [1.165, 1.54) is 18.3 Å². The molecular formula is C12H11ClN2O3. The average Bonchev–Trinajstić information content (AvgIpc) is 2.77. The monoisotopic (exact) mass is 266 g/mol. The second kappa shape index (κ2) is 4.78. The molecule has 0 bridgehead atoms. The molecule has 0 N–H and O–H groups in total. The fourth-order valence-corrected chi connectivity index (χ4v) is 1.72. The summed E-state index contributed by atoms with van der Waals surface area (Å²) in [6.07, 6.45) is 1.52. The van der Waals surface area contributed by atoms with Gasteiger partial charge in [0.2, 0.25) is 5.89 Å². The first kappa shape index (κ1) is 12.6. The molecule has 1 unspecified atom stereocenters. The number of nitro benzene ring substituents is 1. The third kappa shape index (κ3) is 2.51. The lowest BCUT2D eigenvalue weighted by Crippen LogP contribution is -1.89. The fourth-order valence-electron chi connectivity index (χ4n) is 1.62. The molecule has 0 fully saturated rings. The number of halogens is 1. The van der Waals surface area contributed by atoms with Crippen LogP contribution in [0.4, 0.5) is 5.69 Å². The summed E-state index contributed by atoms with van der Waals surface area (Å²) in [7, 11) is 0. The highest BCUT2D eigenvalue weighted by Crippen LogP contribution is 2.29. The lowest BCUT2D eigenvalue weighted by atomic mass is 10.1. The predicted molar refractivity (Wildman–Crippen MR) is 67.6 cm³/mol. The van der Waals surface area contributed by atoms with Gasteiger partial charge in [-0.25, -0.2) is 4.98 Å². The normalized spacial score (nSPS) is 12.4. The Morgan fingerprint density at radius 2 is 2.17 bits per heavy atom. The molecule has 0 amide bonds. The molecule has 0 saturated carbocycles. The van der Waals surface area contributed by atoms with Crippen LogP contribution < -0.4 is 0 Å². The molecule has 1 atom stereocenters. The van der Waals surface area contributed by atoms with Crippen LogP contribution in [0.15, 0.2) is 28.8 Å². The average molecular weight is 267 g/mol. The molecule has 0 aliphatic rings. The third-order valence-electron chi connectivity index (χ3n) is 2.42. The van der Waals surface area contributed by atoms with Crippen LogP contribution >= 0.6 is 11.6 Å². The second-order valence-corrected chi connectivity index (χ2v) is 4.65. The van der Waals surface area contributed by atoms with E-state index in [-0.39, 0.29) is 11.1 Å². The van der Waals surface area contributed by atoms with Gasteiger partial charge in [-0.1, -0.05) is 0 Å². The molecule has 2 rings (SSSR count). The summed E-state index contributed by atoms with van der Waals surface area (Å²) in [4.78, 5) is 14.4. The Hall–Kier alpha value is -1.88. The number of rotatable bonds is 3. The van der Waals surface area contributed by atoms with Crippen LogP contribution in [0.3, 0.4) is 0 Å². The van der Waals surface area contributed by atoms with Crippen molar-refractivity contribution in [3.63, 3.8) is 0 Å². The largest absolute Gasteiger partial charge is 0.439 e. The zero-order valence-corrected chi connectivity index (χ0v) is 10.6. The summed E-state index contributed by atoms with van der Waals surface area (Å²) >= 11 is 5.85. The smallest absolute Gasteiger partial charge is 0.270 e. The van der Waals surface area contributed by atoms with Crippen LogP contribution in [0.1, 0.15) is 23.8 Å². The molecule has 1 heterocycles. The highest BCUT2D eigenvalue weighted by Gasteiger charge is 2.14. The number of benzene rings is 1. The van der Waals surface area contributed by atoms with Crippen molar-refractivity contribution in [1.29, 1.82) is 0 Å². The van der Waals surface area contributed by atoms with Crippen molar-refractivity contribution in [3.8, 4) is 11.3 Å². The van der Waals surface area contributed by atoms with E-state index < -0.39 is 4.92 Å². The van der Waals surface area contributed by atoms with Gasteiger partial charge in [-0.05, 0) is 25.5 Å². The maximum absolute atomic E-state index is 10.8. The summed E-state index contributed by atoms with van der Waals surface area (Å²) in [5.41, 5.74) is 1.44. The van der Waals surface area contributed by atoms with Crippen molar-refractivity contribution < 1.29 is 9.34 Å². The van der Waals surface area contributed by atoms with Crippen molar-refractivity contribution in [3.05, 3.63) is 46.0 Å². The fraction of sp³-hybridized carbons (Fsp3) is 0.250. The molecule has 6 heteroatoms. The van der Waals surface area contributed by atoms with Crippen molar-refractivity contribution in [2.24, 2.45) is 0 Å². The van der Waals surface area contributed by atoms with Crippen molar-refractivity contribution in [2.45, 2.75) is 19.2 Å². The molecule has 0 saturated heterocycles. The number of nitro groups is 1. The van der Waals surface area contributed by atoms with Gasteiger partial charge < -0.3 is 4.42 Å². The Bertz CT molecular complexity index is 593. The lowest BCUT2D eigenvalue weighted by Gasteiger charge is -2.00. The first-order valence-corrected chi connectivity index (χ1v) is 5.77. The van der Waals surface area contributed by atoms with E-state index in [1.54, 1.807) is 19.9 Å². The van der Waals surface area contributed by atoms with Gasteiger partial charge in [0.25, 0.3) is 5.69 Å². The van der Waals surface area contributed by atoms with Gasteiger partial charge >= 0.3 is 0 Å². The number of hydrogen-bond acceptors (Lipinski definition) is 4. The quantitative estimate of drug-likeness (QED) is 0.480. The molecule has 2 aromatic rings. The highest BCUT2D eigenvalue weighted by atomic mass is 35.5. The standard InChI is InChI=1S/C12H11ClN2O3/c1-7-3-9(5-10(4-7)15(16)17)11-6-14-12(18-11)8(2)13/h3-6,8H,1-2H3. The SMILES string of the molecule is Cc1cc(-c2cnc(C(C)Cl)o2)cc([N+](=O)[O-])c1. The Balaban J connectivity index is 2.46. The summed E-state index contributed by atoms with van der Waals surface area (Å²) in [6, 6.07) is 4.76. The zero-order chi connectivity index (χ0) is 13.3. The number of nitrogens with zero attached hydrogens (tertiary/aromatic N) is 2. The maximum atomic E-state index is 10.8. The van der Waals surface area contributed by atoms with Crippen molar-refractivity contribution in [1.82, 2.24) is 4.98 Å². The van der Waals surface area contributed by atoms with Crippen LogP contribution in [0.5, 0.6) is 0 Å². The van der Waals surface area contributed by atoms with Crippen LogP contribution in [-0.4, -0.2) is 9.91 Å². The molecule has 0 radical (unpaired) electrons. The Labute approximate surface area is 109 Å². The van der Waals surface area contributed by atoms with Gasteiger partial charge in [0.05, 0.1) is 11.1 Å². The molecule has 1 aromatic heterocycles. The topological polar surface area (TPSA) is 69.2 Å². The minimum Gasteiger partial charge on any atom is -0.439 e. The predicted octanol–water partition coefficient (Wildman–Crippen LogP) is 3.86. The van der Waals surface area contributed by atoms with Crippen LogP contribution in [0.25, 0.3) is 11.3 Å². The van der Waals surface area contributed by atoms with Crippen LogP contribution in [0.2, 0.25) is 0 Å². The molecular weight excluding hydrogens is 256 g/mol. The van der Waals surface area contributed by atoms with Gasteiger partial charge in [-0.15, -0.1) is 11.6 Å². The first-order chi connectivity index (χ1) is 8.47.